The number of rotatable bonds is 2. The van der Waals surface area contributed by atoms with Crippen LogP contribution in [0.1, 0.15) is 18.4 Å². The molecule has 0 fully saturated rings. The molecule has 0 aromatic heterocycles. The molecule has 2 N–H and O–H groups in total. The van der Waals surface area contributed by atoms with Gasteiger partial charge in [0.2, 0.25) is 5.82 Å². The van der Waals surface area contributed by atoms with Crippen molar-refractivity contribution < 1.29 is 23.4 Å². The number of benzene rings is 1. The van der Waals surface area contributed by atoms with Crippen molar-refractivity contribution in [1.29, 1.82) is 0 Å². The van der Waals surface area contributed by atoms with E-state index in [1.807, 2.05) is 0 Å². The number of aliphatic hydroxyl groups excluding tert-OH is 1. The molecule has 0 aliphatic heterocycles. The summed E-state index contributed by atoms with van der Waals surface area (Å²) in [6.45, 7) is 1.06. The minimum absolute atomic E-state index is 0.149. The summed E-state index contributed by atoms with van der Waals surface area (Å²) in [6, 6.07) is 0.675. The van der Waals surface area contributed by atoms with Crippen LogP contribution in [0.4, 0.5) is 13.2 Å². The van der Waals surface area contributed by atoms with Crippen LogP contribution in [-0.2, 0) is 0 Å². The van der Waals surface area contributed by atoms with E-state index in [4.69, 9.17) is 10.2 Å². The van der Waals surface area contributed by atoms with Gasteiger partial charge in [0, 0.05) is 18.1 Å². The third-order valence-electron chi connectivity index (χ3n) is 1.97. The van der Waals surface area contributed by atoms with Crippen molar-refractivity contribution in [1.82, 2.24) is 0 Å². The molecule has 0 radical (unpaired) electrons. The van der Waals surface area contributed by atoms with Gasteiger partial charge in [-0.2, -0.15) is 4.39 Å². The topological polar surface area (TPSA) is 40.5 Å². The van der Waals surface area contributed by atoms with Crippen LogP contribution >= 0.6 is 0 Å². The molecule has 1 atom stereocenters. The second kappa shape index (κ2) is 3.88. The van der Waals surface area contributed by atoms with E-state index >= 15 is 0 Å². The molecule has 2 nitrogen and oxygen atoms in total. The number of hydrogen-bond acceptors (Lipinski definition) is 2. The van der Waals surface area contributed by atoms with Crippen LogP contribution in [0.3, 0.4) is 0 Å². The van der Waals surface area contributed by atoms with Gasteiger partial charge >= 0.3 is 0 Å². The van der Waals surface area contributed by atoms with Crippen molar-refractivity contribution in [2.45, 2.75) is 12.8 Å². The molecule has 0 aliphatic rings. The van der Waals surface area contributed by atoms with E-state index in [2.05, 4.69) is 0 Å². The predicted molar refractivity (Wildman–Crippen MR) is 43.5 cm³/mol. The van der Waals surface area contributed by atoms with Gasteiger partial charge in [0.1, 0.15) is 0 Å². The van der Waals surface area contributed by atoms with E-state index in [1.165, 1.54) is 6.92 Å². The number of phenolic OH excluding ortho intramolecular Hbond substituents is 1. The van der Waals surface area contributed by atoms with Gasteiger partial charge < -0.3 is 10.2 Å². The monoisotopic (exact) mass is 206 g/mol. The summed E-state index contributed by atoms with van der Waals surface area (Å²) in [7, 11) is 0. The number of phenols is 1. The van der Waals surface area contributed by atoms with Gasteiger partial charge in [-0.25, -0.2) is 8.78 Å². The Morgan fingerprint density at radius 2 is 1.86 bits per heavy atom. The minimum Gasteiger partial charge on any atom is -0.505 e. The highest BCUT2D eigenvalue weighted by Crippen LogP contribution is 2.31. The zero-order valence-corrected chi connectivity index (χ0v) is 7.39. The molecule has 0 saturated heterocycles. The summed E-state index contributed by atoms with van der Waals surface area (Å²) < 4.78 is 38.1. The lowest BCUT2D eigenvalue weighted by Crippen LogP contribution is -2.03. The van der Waals surface area contributed by atoms with Gasteiger partial charge in [-0.15, -0.1) is 0 Å². The molecule has 0 bridgehead atoms. The largest absolute Gasteiger partial charge is 0.505 e. The SMILES string of the molecule is CC(CO)c1cc(F)c(F)c(F)c1O. The second-order valence-corrected chi connectivity index (χ2v) is 3.01. The highest BCUT2D eigenvalue weighted by Gasteiger charge is 2.20. The van der Waals surface area contributed by atoms with Crippen molar-refractivity contribution >= 4 is 0 Å². The van der Waals surface area contributed by atoms with Gasteiger partial charge in [0.05, 0.1) is 0 Å². The number of halogens is 3. The van der Waals surface area contributed by atoms with Crippen LogP contribution in [0.5, 0.6) is 5.75 Å². The van der Waals surface area contributed by atoms with Crippen molar-refractivity contribution in [3.63, 3.8) is 0 Å². The fourth-order valence-electron chi connectivity index (χ4n) is 1.08. The number of aromatic hydroxyl groups is 1. The first kappa shape index (κ1) is 10.8. The Bertz CT molecular complexity index is 352. The summed E-state index contributed by atoms with van der Waals surface area (Å²) in [5.41, 5.74) is -0.149. The van der Waals surface area contributed by atoms with E-state index in [-0.39, 0.29) is 5.56 Å². The average Bonchev–Trinajstić information content (AvgIpc) is 2.19. The third kappa shape index (κ3) is 1.68. The Morgan fingerprint density at radius 3 is 2.36 bits per heavy atom. The first-order valence-corrected chi connectivity index (χ1v) is 3.96. The Kier molecular flexibility index (Phi) is 3.00. The fourth-order valence-corrected chi connectivity index (χ4v) is 1.08. The highest BCUT2D eigenvalue weighted by molar-refractivity contribution is 5.37. The van der Waals surface area contributed by atoms with Crippen molar-refractivity contribution in [3.8, 4) is 5.75 Å². The molecule has 5 heteroatoms. The molecular weight excluding hydrogens is 197 g/mol. The molecule has 0 amide bonds. The van der Waals surface area contributed by atoms with E-state index in [9.17, 15) is 13.2 Å². The molecule has 1 aromatic carbocycles. The van der Waals surface area contributed by atoms with Crippen LogP contribution in [0.2, 0.25) is 0 Å². The summed E-state index contributed by atoms with van der Waals surface area (Å²) in [6.07, 6.45) is 0. The molecule has 0 heterocycles. The van der Waals surface area contributed by atoms with Gasteiger partial charge in [-0.05, 0) is 6.07 Å². The van der Waals surface area contributed by atoms with Gasteiger partial charge in [-0.1, -0.05) is 6.92 Å². The maximum Gasteiger partial charge on any atom is 0.203 e. The van der Waals surface area contributed by atoms with Crippen LogP contribution in [-0.4, -0.2) is 16.8 Å². The Labute approximate surface area is 78.6 Å². The molecule has 14 heavy (non-hydrogen) atoms. The average molecular weight is 206 g/mol. The molecule has 1 aromatic rings. The highest BCUT2D eigenvalue weighted by atomic mass is 19.2. The smallest absolute Gasteiger partial charge is 0.203 e. The molecular formula is C9H9F3O2. The Hall–Kier alpha value is -1.23. The van der Waals surface area contributed by atoms with E-state index in [0.29, 0.717) is 6.07 Å². The van der Waals surface area contributed by atoms with Crippen LogP contribution in [0.25, 0.3) is 0 Å². The molecule has 0 spiro atoms. The number of aliphatic hydroxyl groups is 1. The fraction of sp³-hybridized carbons (Fsp3) is 0.333. The maximum atomic E-state index is 12.8. The normalized spacial score (nSPS) is 12.9. The summed E-state index contributed by atoms with van der Waals surface area (Å²) in [4.78, 5) is 0. The van der Waals surface area contributed by atoms with Crippen LogP contribution < -0.4 is 0 Å². The van der Waals surface area contributed by atoms with E-state index < -0.39 is 35.7 Å². The van der Waals surface area contributed by atoms with Crippen molar-refractivity contribution in [3.05, 3.63) is 29.1 Å². The lowest BCUT2D eigenvalue weighted by atomic mass is 10.0. The second-order valence-electron chi connectivity index (χ2n) is 3.01. The van der Waals surface area contributed by atoms with Gasteiger partial charge in [0.25, 0.3) is 0 Å². The zero-order valence-electron chi connectivity index (χ0n) is 7.39. The molecule has 0 aliphatic carbocycles. The van der Waals surface area contributed by atoms with Gasteiger partial charge in [0.15, 0.2) is 17.4 Å². The maximum absolute atomic E-state index is 12.8. The summed E-state index contributed by atoms with van der Waals surface area (Å²) >= 11 is 0. The van der Waals surface area contributed by atoms with E-state index in [1.54, 1.807) is 0 Å². The van der Waals surface area contributed by atoms with Crippen molar-refractivity contribution in [2.75, 3.05) is 6.61 Å². The van der Waals surface area contributed by atoms with Gasteiger partial charge in [-0.3, -0.25) is 0 Å². The van der Waals surface area contributed by atoms with E-state index in [0.717, 1.165) is 0 Å². The lowest BCUT2D eigenvalue weighted by Gasteiger charge is -2.11. The lowest BCUT2D eigenvalue weighted by molar-refractivity contribution is 0.268. The number of hydrogen-bond donors (Lipinski definition) is 2. The predicted octanol–water partition coefficient (Wildman–Crippen LogP) is 1.91. The quantitative estimate of drug-likeness (QED) is 0.725. The first-order chi connectivity index (χ1) is 6.49. The first-order valence-electron chi connectivity index (χ1n) is 3.96. The standard InChI is InChI=1S/C9H9F3O2/c1-4(3-13)5-2-6(10)7(11)8(12)9(5)14/h2,4,13-14H,3H2,1H3. The summed E-state index contributed by atoms with van der Waals surface area (Å²) in [5.74, 6) is -6.32. The van der Waals surface area contributed by atoms with Crippen LogP contribution in [0, 0.1) is 17.5 Å². The third-order valence-corrected chi connectivity index (χ3v) is 1.97. The molecule has 0 saturated carbocycles. The Morgan fingerprint density at radius 1 is 1.29 bits per heavy atom. The zero-order chi connectivity index (χ0) is 10.9. The Balaban J connectivity index is 3.33. The minimum atomic E-state index is -1.71. The van der Waals surface area contributed by atoms with Crippen LogP contribution in [0.15, 0.2) is 6.07 Å². The molecule has 1 unspecified atom stereocenters. The molecule has 1 rings (SSSR count). The summed E-state index contributed by atoms with van der Waals surface area (Å²) in [5, 5.41) is 17.8. The van der Waals surface area contributed by atoms with Crippen molar-refractivity contribution in [2.24, 2.45) is 0 Å². The molecule has 78 valence electrons.